The molecule has 0 saturated heterocycles. The molecular weight excluding hydrogens is 252 g/mol. The van der Waals surface area contributed by atoms with E-state index in [-0.39, 0.29) is 19.0 Å². The smallest absolute Gasteiger partial charge is 0.330 e. The Labute approximate surface area is 110 Å². The maximum absolute atomic E-state index is 10.8. The van der Waals surface area contributed by atoms with Crippen molar-refractivity contribution in [2.24, 2.45) is 0 Å². The normalized spacial score (nSPS) is 11.0. The number of nitrogens with zero attached hydrogens (tertiary/aromatic N) is 1. The molecular formula is C12H16N2O5. The Bertz CT molecular complexity index is 473. The molecule has 1 aromatic heterocycles. The highest BCUT2D eigenvalue weighted by Gasteiger charge is 2.12. The largest absolute Gasteiger partial charge is 0.481 e. The van der Waals surface area contributed by atoms with Gasteiger partial charge < -0.3 is 25.0 Å². The van der Waals surface area contributed by atoms with E-state index >= 15 is 0 Å². The van der Waals surface area contributed by atoms with Crippen molar-refractivity contribution in [3.8, 4) is 11.8 Å². The van der Waals surface area contributed by atoms with Gasteiger partial charge >= 0.3 is 5.97 Å². The van der Waals surface area contributed by atoms with Crippen LogP contribution in [-0.4, -0.2) is 48.5 Å². The molecule has 0 aromatic carbocycles. The third-order valence-electron chi connectivity index (χ3n) is 2.22. The van der Waals surface area contributed by atoms with E-state index in [0.717, 1.165) is 6.08 Å². The number of hydrogen-bond donors (Lipinski definition) is 3. The second kappa shape index (κ2) is 7.22. The van der Waals surface area contributed by atoms with Gasteiger partial charge in [-0.15, -0.1) is 0 Å². The lowest BCUT2D eigenvalue weighted by atomic mass is 10.2. The van der Waals surface area contributed by atoms with Crippen LogP contribution in [0.2, 0.25) is 0 Å². The van der Waals surface area contributed by atoms with Crippen LogP contribution in [0.25, 0.3) is 5.70 Å². The minimum atomic E-state index is -1.11. The fourth-order valence-corrected chi connectivity index (χ4v) is 1.44. The molecule has 1 aromatic rings. The van der Waals surface area contributed by atoms with Gasteiger partial charge in [0.05, 0.1) is 32.1 Å². The van der Waals surface area contributed by atoms with E-state index in [1.54, 1.807) is 12.1 Å². The first-order chi connectivity index (χ1) is 9.12. The van der Waals surface area contributed by atoms with E-state index in [1.165, 1.54) is 14.2 Å². The minimum Gasteiger partial charge on any atom is -0.481 e. The van der Waals surface area contributed by atoms with Gasteiger partial charge in [0.1, 0.15) is 0 Å². The molecule has 7 heteroatoms. The monoisotopic (exact) mass is 268 g/mol. The number of methoxy groups -OCH3 is 2. The SMILES string of the molecule is COc1ccc(/C(=C/C(=O)O)NCCO)c(OC)n1. The molecule has 0 fully saturated rings. The molecule has 104 valence electrons. The van der Waals surface area contributed by atoms with Crippen LogP contribution in [-0.2, 0) is 4.79 Å². The maximum atomic E-state index is 10.8. The quantitative estimate of drug-likeness (QED) is 0.603. The molecule has 0 radical (unpaired) electrons. The lowest BCUT2D eigenvalue weighted by Crippen LogP contribution is -2.18. The van der Waals surface area contributed by atoms with E-state index in [9.17, 15) is 4.79 Å². The molecule has 19 heavy (non-hydrogen) atoms. The molecule has 0 atom stereocenters. The maximum Gasteiger partial charge on any atom is 0.330 e. The Hall–Kier alpha value is -2.28. The first kappa shape index (κ1) is 14.8. The highest BCUT2D eigenvalue weighted by atomic mass is 16.5. The van der Waals surface area contributed by atoms with Gasteiger partial charge in [-0.05, 0) is 6.07 Å². The average Bonchev–Trinajstić information content (AvgIpc) is 2.42. The van der Waals surface area contributed by atoms with Crippen LogP contribution in [0.1, 0.15) is 5.56 Å². The number of carboxylic acid groups (broad SMARTS) is 1. The van der Waals surface area contributed by atoms with Crippen molar-refractivity contribution in [1.29, 1.82) is 0 Å². The molecule has 0 bridgehead atoms. The van der Waals surface area contributed by atoms with Gasteiger partial charge in [-0.2, -0.15) is 4.98 Å². The zero-order valence-corrected chi connectivity index (χ0v) is 10.7. The molecule has 1 heterocycles. The number of hydrogen-bond acceptors (Lipinski definition) is 6. The van der Waals surface area contributed by atoms with E-state index in [2.05, 4.69) is 10.3 Å². The Morgan fingerprint density at radius 1 is 1.42 bits per heavy atom. The summed E-state index contributed by atoms with van der Waals surface area (Å²) in [4.78, 5) is 14.9. The second-order valence-electron chi connectivity index (χ2n) is 3.46. The van der Waals surface area contributed by atoms with Crippen LogP contribution in [0, 0.1) is 0 Å². The van der Waals surface area contributed by atoms with Crippen LogP contribution < -0.4 is 14.8 Å². The van der Waals surface area contributed by atoms with Crippen molar-refractivity contribution in [2.75, 3.05) is 27.4 Å². The Balaban J connectivity index is 3.17. The number of aliphatic hydroxyl groups is 1. The van der Waals surface area contributed by atoms with E-state index in [4.69, 9.17) is 19.7 Å². The van der Waals surface area contributed by atoms with Crippen LogP contribution in [0.4, 0.5) is 0 Å². The Morgan fingerprint density at radius 3 is 2.68 bits per heavy atom. The molecule has 0 spiro atoms. The number of rotatable bonds is 7. The molecule has 0 aliphatic heterocycles. The third kappa shape index (κ3) is 4.14. The highest BCUT2D eigenvalue weighted by molar-refractivity contribution is 5.90. The topological polar surface area (TPSA) is 101 Å². The number of nitrogens with one attached hydrogen (secondary N) is 1. The molecule has 0 amide bonds. The first-order valence-electron chi connectivity index (χ1n) is 5.51. The highest BCUT2D eigenvalue weighted by Crippen LogP contribution is 2.25. The summed E-state index contributed by atoms with van der Waals surface area (Å²) in [5.74, 6) is -0.520. The van der Waals surface area contributed by atoms with Gasteiger partial charge in [-0.3, -0.25) is 0 Å². The predicted octanol–water partition coefficient (Wildman–Crippen LogP) is 0.106. The van der Waals surface area contributed by atoms with Crippen LogP contribution >= 0.6 is 0 Å². The van der Waals surface area contributed by atoms with Crippen LogP contribution in [0.15, 0.2) is 18.2 Å². The number of aliphatic hydroxyl groups excluding tert-OH is 1. The summed E-state index contributed by atoms with van der Waals surface area (Å²) < 4.78 is 10.1. The molecule has 1 rings (SSSR count). The molecule has 0 aliphatic rings. The number of carboxylic acids is 1. The van der Waals surface area contributed by atoms with Crippen molar-refractivity contribution in [3.05, 3.63) is 23.8 Å². The number of carbonyl (C=O) groups is 1. The van der Waals surface area contributed by atoms with Gasteiger partial charge in [-0.25, -0.2) is 4.79 Å². The summed E-state index contributed by atoms with van der Waals surface area (Å²) in [5.41, 5.74) is 0.771. The van der Waals surface area contributed by atoms with Gasteiger partial charge in [0.2, 0.25) is 11.8 Å². The Morgan fingerprint density at radius 2 is 2.16 bits per heavy atom. The lowest BCUT2D eigenvalue weighted by Gasteiger charge is -2.13. The van der Waals surface area contributed by atoms with Crippen LogP contribution in [0.5, 0.6) is 11.8 Å². The number of aromatic nitrogens is 1. The van der Waals surface area contributed by atoms with Gasteiger partial charge in [0, 0.05) is 18.7 Å². The summed E-state index contributed by atoms with van der Waals surface area (Å²) in [7, 11) is 2.90. The van der Waals surface area contributed by atoms with Crippen molar-refractivity contribution in [1.82, 2.24) is 10.3 Å². The predicted molar refractivity (Wildman–Crippen MR) is 68.0 cm³/mol. The lowest BCUT2D eigenvalue weighted by molar-refractivity contribution is -0.131. The van der Waals surface area contributed by atoms with E-state index < -0.39 is 5.97 Å². The molecule has 3 N–H and O–H groups in total. The van der Waals surface area contributed by atoms with Crippen molar-refractivity contribution in [3.63, 3.8) is 0 Å². The molecule has 0 unspecified atom stereocenters. The van der Waals surface area contributed by atoms with Gasteiger partial charge in [0.25, 0.3) is 0 Å². The number of ether oxygens (including phenoxy) is 2. The van der Waals surface area contributed by atoms with E-state index in [1.807, 2.05) is 0 Å². The summed E-state index contributed by atoms with van der Waals surface area (Å²) in [5, 5.41) is 20.4. The standard InChI is InChI=1S/C12H16N2O5/c1-18-10-4-3-8(12(14-10)19-2)9(7-11(16)17)13-5-6-15/h3-4,7,13,15H,5-6H2,1-2H3,(H,16,17)/b9-7-. The van der Waals surface area contributed by atoms with Crippen molar-refractivity contribution >= 4 is 11.7 Å². The van der Waals surface area contributed by atoms with Crippen molar-refractivity contribution in [2.45, 2.75) is 0 Å². The first-order valence-corrected chi connectivity index (χ1v) is 5.51. The number of aliphatic carboxylic acids is 1. The van der Waals surface area contributed by atoms with Gasteiger partial charge in [0.15, 0.2) is 0 Å². The fourth-order valence-electron chi connectivity index (χ4n) is 1.44. The minimum absolute atomic E-state index is 0.122. The summed E-state index contributed by atoms with van der Waals surface area (Å²) in [6, 6.07) is 3.22. The average molecular weight is 268 g/mol. The molecule has 0 saturated carbocycles. The molecule has 0 aliphatic carbocycles. The number of pyridine rings is 1. The third-order valence-corrected chi connectivity index (χ3v) is 2.22. The fraction of sp³-hybridized carbons (Fsp3) is 0.333. The van der Waals surface area contributed by atoms with Crippen LogP contribution in [0.3, 0.4) is 0 Å². The zero-order valence-electron chi connectivity index (χ0n) is 10.7. The second-order valence-corrected chi connectivity index (χ2v) is 3.46. The van der Waals surface area contributed by atoms with Crippen molar-refractivity contribution < 1.29 is 24.5 Å². The summed E-state index contributed by atoms with van der Waals surface area (Å²) >= 11 is 0. The van der Waals surface area contributed by atoms with Gasteiger partial charge in [-0.1, -0.05) is 0 Å². The van der Waals surface area contributed by atoms with E-state index in [0.29, 0.717) is 17.1 Å². The Kier molecular flexibility index (Phi) is 5.62. The summed E-state index contributed by atoms with van der Waals surface area (Å²) in [6.07, 6.45) is 0.988. The summed E-state index contributed by atoms with van der Waals surface area (Å²) in [6.45, 7) is 0.0944. The zero-order chi connectivity index (χ0) is 14.3. The molecule has 7 nitrogen and oxygen atoms in total.